The van der Waals surface area contributed by atoms with Gasteiger partial charge in [0.2, 0.25) is 5.91 Å². The molecule has 9 nitrogen and oxygen atoms in total. The number of benzene rings is 2. The monoisotopic (exact) mass is 473 g/mol. The average molecular weight is 473 g/mol. The summed E-state index contributed by atoms with van der Waals surface area (Å²) in [6.07, 6.45) is 2.24. The molecule has 0 aliphatic carbocycles. The van der Waals surface area contributed by atoms with Gasteiger partial charge in [-0.15, -0.1) is 0 Å². The van der Waals surface area contributed by atoms with Crippen LogP contribution in [0.4, 0.5) is 0 Å². The van der Waals surface area contributed by atoms with E-state index < -0.39 is 30.0 Å². The molecule has 0 fully saturated rings. The van der Waals surface area contributed by atoms with Crippen molar-refractivity contribution in [3.63, 3.8) is 0 Å². The van der Waals surface area contributed by atoms with Crippen LogP contribution in [0.25, 0.3) is 10.8 Å². The van der Waals surface area contributed by atoms with Crippen LogP contribution in [0, 0.1) is 0 Å². The minimum Gasteiger partial charge on any atom is -0.744 e. The van der Waals surface area contributed by atoms with E-state index in [-0.39, 0.29) is 82.8 Å². The molecule has 1 N–H and O–H groups in total. The predicted octanol–water partition coefficient (Wildman–Crippen LogP) is -4.88. The number of hydrogen-bond acceptors (Lipinski definition) is 8. The van der Waals surface area contributed by atoms with E-state index in [0.29, 0.717) is 24.8 Å². The normalized spacial score (nSPS) is 11.1. The molecule has 0 aliphatic heterocycles. The van der Waals surface area contributed by atoms with Gasteiger partial charge >= 0.3 is 59.1 Å². The van der Waals surface area contributed by atoms with Crippen LogP contribution in [0.3, 0.4) is 0 Å². The molecular weight excluding hydrogens is 456 g/mol. The number of ether oxygens (including phenoxy) is 1. The Kier molecular flexibility index (Phi) is 12.3. The molecule has 0 bridgehead atoms. The van der Waals surface area contributed by atoms with Gasteiger partial charge in [-0.05, 0) is 54.6 Å². The molecule has 0 saturated carbocycles. The molecule has 0 spiro atoms. The van der Waals surface area contributed by atoms with Gasteiger partial charge in [-0.3, -0.25) is 4.79 Å². The second-order valence-electron chi connectivity index (χ2n) is 5.76. The van der Waals surface area contributed by atoms with E-state index in [9.17, 15) is 30.7 Å². The summed E-state index contributed by atoms with van der Waals surface area (Å²) in [5.74, 6) is -0.235. The Morgan fingerprint density at radius 2 is 1.60 bits per heavy atom. The summed E-state index contributed by atoms with van der Waals surface area (Å²) < 4.78 is 73.2. The Bertz CT molecular complexity index is 1110. The quantitative estimate of drug-likeness (QED) is 0.165. The fourth-order valence-corrected chi connectivity index (χ4v) is 3.43. The second kappa shape index (κ2) is 12.5. The molecule has 13 heteroatoms. The van der Waals surface area contributed by atoms with Gasteiger partial charge in [-0.1, -0.05) is 6.58 Å². The van der Waals surface area contributed by atoms with Crippen molar-refractivity contribution in [3.05, 3.63) is 43.0 Å². The van der Waals surface area contributed by atoms with Crippen LogP contribution in [0.1, 0.15) is 12.8 Å². The Morgan fingerprint density at radius 3 is 2.17 bits per heavy atom. The third-order valence-corrected chi connectivity index (χ3v) is 5.39. The third kappa shape index (κ3) is 8.58. The van der Waals surface area contributed by atoms with Gasteiger partial charge in [0.1, 0.15) is 26.0 Å². The van der Waals surface area contributed by atoms with E-state index in [4.69, 9.17) is 4.74 Å². The van der Waals surface area contributed by atoms with Crippen molar-refractivity contribution in [1.82, 2.24) is 5.32 Å². The maximum Gasteiger partial charge on any atom is 1.00 e. The fourth-order valence-electron chi connectivity index (χ4n) is 2.40. The van der Waals surface area contributed by atoms with Crippen molar-refractivity contribution in [3.8, 4) is 5.75 Å². The zero-order valence-electron chi connectivity index (χ0n) is 16.6. The largest absolute Gasteiger partial charge is 1.00 e. The van der Waals surface area contributed by atoms with Crippen LogP contribution in [0.15, 0.2) is 52.8 Å². The number of unbranched alkanes of at least 4 members (excludes halogenated alkanes) is 1. The fraction of sp³-hybridized carbons (Fsp3) is 0.235. The molecule has 0 atom stereocenters. The van der Waals surface area contributed by atoms with Gasteiger partial charge in [0, 0.05) is 11.9 Å². The van der Waals surface area contributed by atoms with Gasteiger partial charge in [-0.25, -0.2) is 16.8 Å². The number of carbonyl (C=O) groups excluding carboxylic acids is 1. The van der Waals surface area contributed by atoms with E-state index in [1.54, 1.807) is 0 Å². The van der Waals surface area contributed by atoms with E-state index in [2.05, 4.69) is 11.9 Å². The maximum atomic E-state index is 11.4. The molecule has 0 unspecified atom stereocenters. The number of amides is 1. The summed E-state index contributed by atoms with van der Waals surface area (Å²) in [7, 11) is -9.58. The molecule has 2 aromatic rings. The van der Waals surface area contributed by atoms with Crippen LogP contribution in [0.2, 0.25) is 0 Å². The number of carbonyl (C=O) groups is 1. The smallest absolute Gasteiger partial charge is 0.744 e. The Labute approximate surface area is 219 Å². The van der Waals surface area contributed by atoms with Gasteiger partial charge in [-0.2, -0.15) is 0 Å². The summed E-state index contributed by atoms with van der Waals surface area (Å²) in [5.41, 5.74) is 0. The summed E-state index contributed by atoms with van der Waals surface area (Å²) in [4.78, 5) is 9.88. The number of rotatable bonds is 9. The molecule has 0 aliphatic rings. The van der Waals surface area contributed by atoms with Gasteiger partial charge in [0.25, 0.3) is 0 Å². The van der Waals surface area contributed by atoms with Crippen molar-refractivity contribution in [2.75, 3.05) is 13.2 Å². The third-order valence-electron chi connectivity index (χ3n) is 3.75. The number of nitrogens with one attached hydrogen (secondary N) is 1. The Morgan fingerprint density at radius 1 is 1.00 bits per heavy atom. The predicted molar refractivity (Wildman–Crippen MR) is 97.8 cm³/mol. The zero-order chi connectivity index (χ0) is 20.9. The second-order valence-corrected chi connectivity index (χ2v) is 8.52. The van der Waals surface area contributed by atoms with Gasteiger partial charge in [0.05, 0.1) is 16.4 Å². The summed E-state index contributed by atoms with van der Waals surface area (Å²) in [5, 5.41) is 3.01. The SMILES string of the molecule is C=CC(=O)NCCCCOc1cc(S(=O)(=O)[O-])cc2cc(S(=O)(=O)[O-])ccc12.[Na+].[Na+]. The number of hydrogen-bond donors (Lipinski definition) is 1. The van der Waals surface area contributed by atoms with Crippen LogP contribution in [-0.4, -0.2) is 45.0 Å². The van der Waals surface area contributed by atoms with E-state index in [0.717, 1.165) is 30.3 Å². The molecule has 0 saturated heterocycles. The summed E-state index contributed by atoms with van der Waals surface area (Å²) in [6, 6.07) is 5.41. The van der Waals surface area contributed by atoms with Gasteiger partial charge < -0.3 is 19.2 Å². The Hall–Kier alpha value is -0.470. The van der Waals surface area contributed by atoms with E-state index >= 15 is 0 Å². The molecule has 0 heterocycles. The van der Waals surface area contributed by atoms with Crippen molar-refractivity contribution < 1.29 is 94.6 Å². The first kappa shape index (κ1) is 29.5. The molecule has 0 radical (unpaired) electrons. The van der Waals surface area contributed by atoms with Crippen LogP contribution >= 0.6 is 0 Å². The van der Waals surface area contributed by atoms with Crippen LogP contribution in [-0.2, 0) is 25.0 Å². The molecule has 2 aromatic carbocycles. The minimum absolute atomic E-state index is 0. The number of fused-ring (bicyclic) bond motifs is 1. The maximum absolute atomic E-state index is 11.4. The van der Waals surface area contributed by atoms with Crippen molar-refractivity contribution in [2.45, 2.75) is 22.6 Å². The van der Waals surface area contributed by atoms with E-state index in [1.165, 1.54) is 6.07 Å². The molecule has 30 heavy (non-hydrogen) atoms. The zero-order valence-corrected chi connectivity index (χ0v) is 22.2. The van der Waals surface area contributed by atoms with Crippen LogP contribution < -0.4 is 69.2 Å². The molecule has 0 aromatic heterocycles. The van der Waals surface area contributed by atoms with Gasteiger partial charge in [0.15, 0.2) is 0 Å². The molecular formula is C17H17NNa2O8S2. The Balaban J connectivity index is 0.00000420. The molecule has 2 rings (SSSR count). The van der Waals surface area contributed by atoms with Crippen LogP contribution in [0.5, 0.6) is 5.75 Å². The topological polar surface area (TPSA) is 153 Å². The first-order valence-corrected chi connectivity index (χ1v) is 10.9. The standard InChI is InChI=1S/C17H19NO8S2.2Na/c1-2-17(19)18-7-3-4-8-26-16-11-14(28(23,24)25)10-12-9-13(27(20,21)22)5-6-15(12)16;;/h2,5-6,9-11H,1,3-4,7-8H2,(H,18,19)(H,20,21,22)(H,23,24,25);;/q;2*+1/p-2. The minimum atomic E-state index is -4.83. The average Bonchev–Trinajstić information content (AvgIpc) is 2.61. The first-order chi connectivity index (χ1) is 13.0. The molecule has 1 amide bonds. The molecule has 152 valence electrons. The van der Waals surface area contributed by atoms with E-state index in [1.807, 2.05) is 0 Å². The van der Waals surface area contributed by atoms with Crippen molar-refractivity contribution in [2.24, 2.45) is 0 Å². The summed E-state index contributed by atoms with van der Waals surface area (Å²) in [6.45, 7) is 3.88. The van der Waals surface area contributed by atoms with Crippen molar-refractivity contribution >= 4 is 36.9 Å². The van der Waals surface area contributed by atoms with Crippen molar-refractivity contribution in [1.29, 1.82) is 0 Å². The summed E-state index contributed by atoms with van der Waals surface area (Å²) >= 11 is 0. The first-order valence-electron chi connectivity index (χ1n) is 8.05.